The average Bonchev–Trinajstić information content (AvgIpc) is 2.77. The van der Waals surface area contributed by atoms with Gasteiger partial charge in [0.15, 0.2) is 0 Å². The number of halogens is 3. The Labute approximate surface area is 187 Å². The minimum Gasteiger partial charge on any atom is -0.367 e. The van der Waals surface area contributed by atoms with Crippen LogP contribution < -0.4 is 0 Å². The molecule has 1 amide bonds. The van der Waals surface area contributed by atoms with Crippen molar-refractivity contribution in [3.8, 4) is 0 Å². The smallest absolute Gasteiger partial charge is 0.222 e. The lowest BCUT2D eigenvalue weighted by molar-refractivity contribution is -0.133. The van der Waals surface area contributed by atoms with Gasteiger partial charge in [-0.2, -0.15) is 0 Å². The lowest BCUT2D eigenvalue weighted by atomic mass is 10.1. The Kier molecular flexibility index (Phi) is 8.81. The Morgan fingerprint density at radius 3 is 2.32 bits per heavy atom. The van der Waals surface area contributed by atoms with Gasteiger partial charge in [-0.25, -0.2) is 8.78 Å². The third-order valence-electron chi connectivity index (χ3n) is 5.63. The third kappa shape index (κ3) is 6.73. The number of carbonyl (C=O) groups is 1. The second-order valence-corrected chi connectivity index (χ2v) is 8.27. The van der Waals surface area contributed by atoms with Crippen molar-refractivity contribution in [2.24, 2.45) is 0 Å². The number of piperazine rings is 1. The summed E-state index contributed by atoms with van der Waals surface area (Å²) in [7, 11) is 0. The van der Waals surface area contributed by atoms with Crippen molar-refractivity contribution in [3.63, 3.8) is 0 Å². The molecule has 7 heteroatoms. The summed E-state index contributed by atoms with van der Waals surface area (Å²) in [6.45, 7) is 5.31. The van der Waals surface area contributed by atoms with Crippen molar-refractivity contribution in [1.29, 1.82) is 0 Å². The molecule has 3 rings (SSSR count). The van der Waals surface area contributed by atoms with E-state index in [9.17, 15) is 13.6 Å². The van der Waals surface area contributed by atoms with E-state index in [2.05, 4.69) is 11.8 Å². The van der Waals surface area contributed by atoms with Crippen molar-refractivity contribution in [3.05, 3.63) is 70.2 Å². The predicted octanol–water partition coefficient (Wildman–Crippen LogP) is 5.21. The molecule has 1 atom stereocenters. The van der Waals surface area contributed by atoms with Gasteiger partial charge in [-0.15, -0.1) is 0 Å². The molecule has 1 heterocycles. The van der Waals surface area contributed by atoms with Gasteiger partial charge in [-0.3, -0.25) is 9.69 Å². The van der Waals surface area contributed by atoms with Crippen molar-refractivity contribution in [1.82, 2.24) is 9.80 Å². The normalized spacial score (nSPS) is 15.8. The maximum absolute atomic E-state index is 14.0. The summed E-state index contributed by atoms with van der Waals surface area (Å²) in [6, 6.07) is 11.1. The average molecular weight is 451 g/mol. The predicted molar refractivity (Wildman–Crippen MR) is 118 cm³/mol. The Morgan fingerprint density at radius 1 is 1.06 bits per heavy atom. The fourth-order valence-electron chi connectivity index (χ4n) is 3.69. The van der Waals surface area contributed by atoms with E-state index in [4.69, 9.17) is 16.3 Å². The number of nitrogens with zero attached hydrogens (tertiary/aromatic N) is 2. The monoisotopic (exact) mass is 450 g/mol. The van der Waals surface area contributed by atoms with Crippen molar-refractivity contribution in [2.75, 3.05) is 32.7 Å². The molecule has 1 saturated heterocycles. The van der Waals surface area contributed by atoms with Crippen molar-refractivity contribution < 1.29 is 18.3 Å². The van der Waals surface area contributed by atoms with Crippen molar-refractivity contribution >= 4 is 17.5 Å². The zero-order valence-corrected chi connectivity index (χ0v) is 18.6. The fraction of sp³-hybridized carbons (Fsp3) is 0.458. The molecule has 0 unspecified atom stereocenters. The number of carbonyl (C=O) groups excluding carboxylic acids is 1. The van der Waals surface area contributed by atoms with Gasteiger partial charge >= 0.3 is 0 Å². The lowest BCUT2D eigenvalue weighted by Crippen LogP contribution is -2.49. The van der Waals surface area contributed by atoms with E-state index in [0.717, 1.165) is 31.5 Å². The number of hydrogen-bond acceptors (Lipinski definition) is 3. The molecule has 0 spiro atoms. The molecule has 1 aliphatic heterocycles. The zero-order chi connectivity index (χ0) is 22.2. The van der Waals surface area contributed by atoms with Crippen LogP contribution in [0.4, 0.5) is 8.78 Å². The molecule has 0 radical (unpaired) electrons. The maximum Gasteiger partial charge on any atom is 0.222 e. The quantitative estimate of drug-likeness (QED) is 0.525. The molecule has 2 aromatic rings. The van der Waals surface area contributed by atoms with Crippen LogP contribution >= 0.6 is 11.6 Å². The summed E-state index contributed by atoms with van der Waals surface area (Å²) in [5, 5.41) is 0.613. The van der Waals surface area contributed by atoms with E-state index in [0.29, 0.717) is 31.1 Å². The minimum absolute atomic E-state index is 0.0761. The number of benzene rings is 2. The van der Waals surface area contributed by atoms with E-state index < -0.39 is 11.6 Å². The van der Waals surface area contributed by atoms with Gasteiger partial charge in [0.25, 0.3) is 0 Å². The van der Waals surface area contributed by atoms with E-state index in [1.165, 1.54) is 18.2 Å². The van der Waals surface area contributed by atoms with Gasteiger partial charge in [-0.1, -0.05) is 43.1 Å². The number of hydrogen-bond donors (Lipinski definition) is 0. The summed E-state index contributed by atoms with van der Waals surface area (Å²) in [5.41, 5.74) is 0.815. The molecule has 1 fully saturated rings. The molecular formula is C24H29ClF2N2O2. The Hall–Kier alpha value is -2.02. The first-order valence-electron chi connectivity index (χ1n) is 10.8. The number of amides is 1. The highest BCUT2D eigenvalue weighted by Gasteiger charge is 2.24. The van der Waals surface area contributed by atoms with E-state index in [-0.39, 0.29) is 24.2 Å². The zero-order valence-electron chi connectivity index (χ0n) is 17.8. The van der Waals surface area contributed by atoms with Crippen LogP contribution in [0.2, 0.25) is 5.02 Å². The molecule has 168 valence electrons. The lowest BCUT2D eigenvalue weighted by Gasteiger charge is -2.36. The number of ether oxygens (including phenoxy) is 1. The first kappa shape index (κ1) is 23.6. The molecule has 0 N–H and O–H groups in total. The summed E-state index contributed by atoms with van der Waals surface area (Å²) in [6.07, 6.45) is 2.15. The molecule has 0 bridgehead atoms. The molecule has 0 aliphatic carbocycles. The van der Waals surface area contributed by atoms with Crippen LogP contribution in [-0.2, 0) is 16.1 Å². The largest absolute Gasteiger partial charge is 0.367 e. The van der Waals surface area contributed by atoms with Crippen LogP contribution in [0.15, 0.2) is 42.5 Å². The Morgan fingerprint density at radius 2 is 1.71 bits per heavy atom. The van der Waals surface area contributed by atoms with E-state index in [1.807, 2.05) is 17.0 Å². The van der Waals surface area contributed by atoms with Crippen LogP contribution in [0.25, 0.3) is 0 Å². The molecule has 31 heavy (non-hydrogen) atoms. The van der Waals surface area contributed by atoms with Gasteiger partial charge in [0.1, 0.15) is 11.6 Å². The fourth-order valence-corrected chi connectivity index (χ4v) is 3.81. The van der Waals surface area contributed by atoms with Crippen LogP contribution in [0.5, 0.6) is 0 Å². The third-order valence-corrected chi connectivity index (χ3v) is 5.88. The van der Waals surface area contributed by atoms with E-state index in [1.54, 1.807) is 12.1 Å². The molecule has 0 saturated carbocycles. The van der Waals surface area contributed by atoms with E-state index >= 15 is 0 Å². The molecule has 1 aliphatic rings. The van der Waals surface area contributed by atoms with Crippen LogP contribution in [0.3, 0.4) is 0 Å². The van der Waals surface area contributed by atoms with Gasteiger partial charge in [0.05, 0.1) is 12.7 Å². The Balaban J connectivity index is 1.64. The van der Waals surface area contributed by atoms with Crippen LogP contribution in [-0.4, -0.2) is 48.4 Å². The van der Waals surface area contributed by atoms with Gasteiger partial charge in [0.2, 0.25) is 5.91 Å². The molecule has 2 aromatic carbocycles. The highest BCUT2D eigenvalue weighted by molar-refractivity contribution is 6.30. The Bertz CT molecular complexity index is 835. The minimum atomic E-state index is -0.617. The van der Waals surface area contributed by atoms with Crippen LogP contribution in [0.1, 0.15) is 43.4 Å². The standard InChI is InChI=1S/C24H29ClF2N2O2/c1-2-3-7-24(30)29-14-12-28(13-15-29)16-23(18-8-10-19(25)11-9-18)31-17-20-21(26)5-4-6-22(20)27/h4-6,8-11,23H,2-3,7,12-17H2,1H3/t23-/m1/s1. The summed E-state index contributed by atoms with van der Waals surface area (Å²) in [5.74, 6) is -1.02. The summed E-state index contributed by atoms with van der Waals surface area (Å²) >= 11 is 6.02. The first-order valence-corrected chi connectivity index (χ1v) is 11.2. The number of rotatable bonds is 9. The van der Waals surface area contributed by atoms with Crippen LogP contribution in [0, 0.1) is 11.6 Å². The second-order valence-electron chi connectivity index (χ2n) is 7.84. The molecule has 4 nitrogen and oxygen atoms in total. The summed E-state index contributed by atoms with van der Waals surface area (Å²) < 4.78 is 34.1. The highest BCUT2D eigenvalue weighted by atomic mass is 35.5. The maximum atomic E-state index is 14.0. The number of unbranched alkanes of at least 4 members (excludes halogenated alkanes) is 1. The van der Waals surface area contributed by atoms with Crippen molar-refractivity contribution in [2.45, 2.75) is 38.9 Å². The highest BCUT2D eigenvalue weighted by Crippen LogP contribution is 2.25. The molecule has 0 aromatic heterocycles. The first-order chi connectivity index (χ1) is 15.0. The summed E-state index contributed by atoms with van der Waals surface area (Å²) in [4.78, 5) is 16.4. The second kappa shape index (κ2) is 11.6. The SMILES string of the molecule is CCCCC(=O)N1CCN(C[C@@H](OCc2c(F)cccc2F)c2ccc(Cl)cc2)CC1. The van der Waals surface area contributed by atoms with Gasteiger partial charge in [-0.05, 0) is 36.2 Å². The topological polar surface area (TPSA) is 32.8 Å². The molecular weight excluding hydrogens is 422 g/mol. The van der Waals surface area contributed by atoms with Gasteiger partial charge in [0, 0.05) is 49.7 Å². The van der Waals surface area contributed by atoms with Gasteiger partial charge < -0.3 is 9.64 Å².